The molecule has 0 radical (unpaired) electrons. The second-order valence-electron chi connectivity index (χ2n) is 5.90. The molecular weight excluding hydrogens is 324 g/mol. The molecule has 0 amide bonds. The number of rotatable bonds is 6. The van der Waals surface area contributed by atoms with Crippen molar-refractivity contribution in [2.75, 3.05) is 20.1 Å². The Bertz CT molecular complexity index is 677. The lowest BCUT2D eigenvalue weighted by atomic mass is 10.00. The van der Waals surface area contributed by atoms with Crippen LogP contribution in [0.1, 0.15) is 35.4 Å². The Morgan fingerprint density at radius 3 is 2.75 bits per heavy atom. The van der Waals surface area contributed by atoms with Crippen LogP contribution >= 0.6 is 11.6 Å². The maximum atomic E-state index is 6.00. The molecule has 2 aromatic rings. The summed E-state index contributed by atoms with van der Waals surface area (Å²) in [7, 11) is 1.77. The molecule has 0 bridgehead atoms. The quantitative estimate of drug-likeness (QED) is 0.620. The lowest BCUT2D eigenvalue weighted by Gasteiger charge is -2.16. The number of aliphatic imine (C=N–C) groups is 1. The molecule has 0 saturated heterocycles. The second-order valence-corrected chi connectivity index (χ2v) is 6.34. The summed E-state index contributed by atoms with van der Waals surface area (Å²) in [5.74, 6) is 1.96. The van der Waals surface area contributed by atoms with Crippen molar-refractivity contribution < 1.29 is 4.52 Å². The predicted molar refractivity (Wildman–Crippen MR) is 98.9 cm³/mol. The van der Waals surface area contributed by atoms with Gasteiger partial charge in [-0.1, -0.05) is 35.8 Å². The maximum absolute atomic E-state index is 6.00. The minimum absolute atomic E-state index is 0.294. The Hall–Kier alpha value is -2.01. The van der Waals surface area contributed by atoms with Gasteiger partial charge in [-0.25, -0.2) is 0 Å². The molecule has 2 rings (SSSR count). The number of hydrogen-bond donors (Lipinski definition) is 2. The van der Waals surface area contributed by atoms with Crippen LogP contribution in [0.4, 0.5) is 0 Å². The molecule has 6 heteroatoms. The standard InChI is InChI=1S/C18H25ClN4O/c1-12(17-13(2)23-24-14(17)3)11-22-18(20-4)21-9-8-15-6-5-7-16(19)10-15/h5-7,10,12H,8-9,11H2,1-4H3,(H2,20,21,22). The second kappa shape index (κ2) is 8.73. The molecule has 0 aliphatic carbocycles. The Balaban J connectivity index is 1.80. The average Bonchev–Trinajstić information content (AvgIpc) is 2.89. The maximum Gasteiger partial charge on any atom is 0.191 e. The minimum Gasteiger partial charge on any atom is -0.361 e. The molecule has 1 aromatic carbocycles. The summed E-state index contributed by atoms with van der Waals surface area (Å²) in [6.07, 6.45) is 0.890. The van der Waals surface area contributed by atoms with Crippen LogP contribution in [0.5, 0.6) is 0 Å². The van der Waals surface area contributed by atoms with E-state index in [2.05, 4.69) is 33.8 Å². The molecule has 1 unspecified atom stereocenters. The van der Waals surface area contributed by atoms with E-state index >= 15 is 0 Å². The van der Waals surface area contributed by atoms with Gasteiger partial charge < -0.3 is 15.2 Å². The van der Waals surface area contributed by atoms with E-state index in [0.717, 1.165) is 47.5 Å². The number of benzene rings is 1. The van der Waals surface area contributed by atoms with Gasteiger partial charge in [0.2, 0.25) is 0 Å². The largest absolute Gasteiger partial charge is 0.361 e. The minimum atomic E-state index is 0.294. The summed E-state index contributed by atoms with van der Waals surface area (Å²) in [6.45, 7) is 7.63. The van der Waals surface area contributed by atoms with E-state index in [1.54, 1.807) is 7.05 Å². The van der Waals surface area contributed by atoms with E-state index < -0.39 is 0 Å². The average molecular weight is 349 g/mol. The Morgan fingerprint density at radius 2 is 2.12 bits per heavy atom. The third-order valence-electron chi connectivity index (χ3n) is 3.98. The number of aryl methyl sites for hydroxylation is 2. The zero-order valence-corrected chi connectivity index (χ0v) is 15.4. The van der Waals surface area contributed by atoms with Crippen molar-refractivity contribution in [1.29, 1.82) is 0 Å². The molecule has 5 nitrogen and oxygen atoms in total. The molecule has 1 aromatic heterocycles. The van der Waals surface area contributed by atoms with Crippen LogP contribution < -0.4 is 10.6 Å². The molecule has 0 fully saturated rings. The first-order chi connectivity index (χ1) is 11.5. The smallest absolute Gasteiger partial charge is 0.191 e. The topological polar surface area (TPSA) is 62.5 Å². The molecule has 0 aliphatic rings. The van der Waals surface area contributed by atoms with Gasteiger partial charge in [0.15, 0.2) is 5.96 Å². The summed E-state index contributed by atoms with van der Waals surface area (Å²) < 4.78 is 5.24. The monoisotopic (exact) mass is 348 g/mol. The van der Waals surface area contributed by atoms with Crippen LogP contribution in [-0.4, -0.2) is 31.3 Å². The molecule has 0 saturated carbocycles. The molecule has 2 N–H and O–H groups in total. The van der Waals surface area contributed by atoms with E-state index in [1.807, 2.05) is 32.0 Å². The molecule has 0 spiro atoms. The summed E-state index contributed by atoms with van der Waals surface area (Å²) >= 11 is 6.00. The molecular formula is C18H25ClN4O. The van der Waals surface area contributed by atoms with Gasteiger partial charge >= 0.3 is 0 Å². The molecule has 1 heterocycles. The highest BCUT2D eigenvalue weighted by atomic mass is 35.5. The van der Waals surface area contributed by atoms with Crippen molar-refractivity contribution in [1.82, 2.24) is 15.8 Å². The number of aromatic nitrogens is 1. The summed E-state index contributed by atoms with van der Waals surface area (Å²) in [6, 6.07) is 7.91. The lowest BCUT2D eigenvalue weighted by molar-refractivity contribution is 0.391. The van der Waals surface area contributed by atoms with Gasteiger partial charge in [-0.05, 0) is 38.0 Å². The van der Waals surface area contributed by atoms with Crippen LogP contribution in [0, 0.1) is 13.8 Å². The van der Waals surface area contributed by atoms with Crippen molar-refractivity contribution in [2.45, 2.75) is 33.1 Å². The Kier molecular flexibility index (Phi) is 6.67. The molecule has 24 heavy (non-hydrogen) atoms. The normalized spacial score (nSPS) is 13.0. The molecule has 0 aliphatic heterocycles. The van der Waals surface area contributed by atoms with Crippen LogP contribution in [0.2, 0.25) is 5.02 Å². The first kappa shape index (κ1) is 18.3. The summed E-state index contributed by atoms with van der Waals surface area (Å²) in [4.78, 5) is 4.26. The lowest BCUT2D eigenvalue weighted by Crippen LogP contribution is -2.40. The first-order valence-corrected chi connectivity index (χ1v) is 8.50. The van der Waals surface area contributed by atoms with Gasteiger partial charge in [0.1, 0.15) is 5.76 Å². The van der Waals surface area contributed by atoms with Crippen LogP contribution in [0.3, 0.4) is 0 Å². The third kappa shape index (κ3) is 4.99. The van der Waals surface area contributed by atoms with Gasteiger partial charge in [0.05, 0.1) is 5.69 Å². The summed E-state index contributed by atoms with van der Waals surface area (Å²) in [5.41, 5.74) is 3.32. The SMILES string of the molecule is CN=C(NCCc1cccc(Cl)c1)NCC(C)c1c(C)noc1C. The Morgan fingerprint density at radius 1 is 1.33 bits per heavy atom. The van der Waals surface area contributed by atoms with Crippen LogP contribution in [0.25, 0.3) is 0 Å². The van der Waals surface area contributed by atoms with E-state index in [0.29, 0.717) is 5.92 Å². The fourth-order valence-electron chi connectivity index (χ4n) is 2.78. The van der Waals surface area contributed by atoms with Crippen molar-refractivity contribution in [3.05, 3.63) is 51.9 Å². The van der Waals surface area contributed by atoms with Crippen molar-refractivity contribution in [3.63, 3.8) is 0 Å². The van der Waals surface area contributed by atoms with Gasteiger partial charge in [-0.15, -0.1) is 0 Å². The van der Waals surface area contributed by atoms with Crippen molar-refractivity contribution in [2.24, 2.45) is 4.99 Å². The van der Waals surface area contributed by atoms with Crippen molar-refractivity contribution >= 4 is 17.6 Å². The summed E-state index contributed by atoms with van der Waals surface area (Å²) in [5, 5.41) is 11.5. The van der Waals surface area contributed by atoms with Crippen LogP contribution in [-0.2, 0) is 6.42 Å². The highest BCUT2D eigenvalue weighted by molar-refractivity contribution is 6.30. The fourth-order valence-corrected chi connectivity index (χ4v) is 3.00. The van der Waals surface area contributed by atoms with Gasteiger partial charge in [0, 0.05) is 36.6 Å². The van der Waals surface area contributed by atoms with Crippen LogP contribution in [0.15, 0.2) is 33.8 Å². The number of halogens is 1. The van der Waals surface area contributed by atoms with E-state index in [1.165, 1.54) is 5.56 Å². The predicted octanol–water partition coefficient (Wildman–Crippen LogP) is 3.46. The van der Waals surface area contributed by atoms with E-state index in [-0.39, 0.29) is 0 Å². The van der Waals surface area contributed by atoms with E-state index in [4.69, 9.17) is 16.1 Å². The number of guanidine groups is 1. The van der Waals surface area contributed by atoms with Gasteiger partial charge in [0.25, 0.3) is 0 Å². The highest BCUT2D eigenvalue weighted by Crippen LogP contribution is 2.22. The number of hydrogen-bond acceptors (Lipinski definition) is 3. The highest BCUT2D eigenvalue weighted by Gasteiger charge is 2.16. The van der Waals surface area contributed by atoms with Crippen molar-refractivity contribution in [3.8, 4) is 0 Å². The zero-order valence-electron chi connectivity index (χ0n) is 14.7. The van der Waals surface area contributed by atoms with Gasteiger partial charge in [-0.3, -0.25) is 4.99 Å². The third-order valence-corrected chi connectivity index (χ3v) is 4.21. The molecule has 130 valence electrons. The number of nitrogens with one attached hydrogen (secondary N) is 2. The molecule has 1 atom stereocenters. The number of nitrogens with zero attached hydrogens (tertiary/aromatic N) is 2. The van der Waals surface area contributed by atoms with E-state index in [9.17, 15) is 0 Å². The fraction of sp³-hybridized carbons (Fsp3) is 0.444. The zero-order chi connectivity index (χ0) is 17.5. The van der Waals surface area contributed by atoms with Gasteiger partial charge in [-0.2, -0.15) is 0 Å². The first-order valence-electron chi connectivity index (χ1n) is 8.13. The Labute approximate surface area is 148 Å².